The first-order valence-electron chi connectivity index (χ1n) is 8.06. The van der Waals surface area contributed by atoms with E-state index >= 15 is 0 Å². The zero-order chi connectivity index (χ0) is 19.3. The minimum absolute atomic E-state index is 0.0174. The lowest BCUT2D eigenvalue weighted by molar-refractivity contribution is 0.00578. The summed E-state index contributed by atoms with van der Waals surface area (Å²) in [5, 5.41) is 0. The van der Waals surface area contributed by atoms with Crippen LogP contribution in [0.1, 0.15) is 27.7 Å². The first kappa shape index (κ1) is 18.8. The van der Waals surface area contributed by atoms with Crippen molar-refractivity contribution < 1.29 is 22.1 Å². The molecule has 2 N–H and O–H groups in total. The summed E-state index contributed by atoms with van der Waals surface area (Å²) in [4.78, 5) is 3.33. The van der Waals surface area contributed by atoms with Crippen molar-refractivity contribution in [2.75, 3.05) is 5.73 Å². The molecule has 2 heterocycles. The van der Waals surface area contributed by atoms with Gasteiger partial charge in [-0.15, -0.1) is 0 Å². The second-order valence-corrected chi connectivity index (χ2v) is 9.15. The Balaban J connectivity index is 1.89. The van der Waals surface area contributed by atoms with Gasteiger partial charge in [0.1, 0.15) is 0 Å². The van der Waals surface area contributed by atoms with Gasteiger partial charge in [-0.3, -0.25) is 0 Å². The molecule has 3 rings (SSSR count). The molecule has 2 aromatic rings. The number of pyridine rings is 1. The van der Waals surface area contributed by atoms with Gasteiger partial charge in [0.05, 0.1) is 21.0 Å². The monoisotopic (exact) mass is 378 g/mol. The van der Waals surface area contributed by atoms with E-state index in [1.807, 2.05) is 27.7 Å². The lowest BCUT2D eigenvalue weighted by Gasteiger charge is -2.32. The lowest BCUT2D eigenvalue weighted by Crippen LogP contribution is -2.41. The normalized spacial score (nSPS) is 18.9. The highest BCUT2D eigenvalue weighted by Crippen LogP contribution is 2.36. The van der Waals surface area contributed by atoms with E-state index in [-0.39, 0.29) is 15.6 Å². The Labute approximate surface area is 152 Å². The van der Waals surface area contributed by atoms with E-state index in [1.165, 1.54) is 12.1 Å². The largest absolute Gasteiger partial charge is 0.494 e. The van der Waals surface area contributed by atoms with Crippen LogP contribution in [0.4, 0.5) is 10.2 Å². The number of rotatable bonds is 3. The molecule has 1 aliphatic rings. The lowest BCUT2D eigenvalue weighted by atomic mass is 9.79. The fourth-order valence-electron chi connectivity index (χ4n) is 2.50. The van der Waals surface area contributed by atoms with E-state index in [0.717, 1.165) is 12.3 Å². The van der Waals surface area contributed by atoms with E-state index in [1.54, 1.807) is 12.1 Å². The number of hydrogen-bond acceptors (Lipinski definition) is 6. The average molecular weight is 378 g/mol. The summed E-state index contributed by atoms with van der Waals surface area (Å²) < 4.78 is 50.7. The van der Waals surface area contributed by atoms with Gasteiger partial charge in [0.2, 0.25) is 9.84 Å². The molecule has 1 aromatic carbocycles. The van der Waals surface area contributed by atoms with Crippen LogP contribution in [0.5, 0.6) is 0 Å². The molecule has 1 aromatic heterocycles. The molecule has 0 radical (unpaired) electrons. The van der Waals surface area contributed by atoms with Crippen molar-refractivity contribution in [2.24, 2.45) is 0 Å². The number of nitrogen functional groups attached to an aromatic ring is 1. The predicted molar refractivity (Wildman–Crippen MR) is 96.2 cm³/mol. The number of sulfone groups is 1. The summed E-state index contributed by atoms with van der Waals surface area (Å²) in [7, 11) is -4.49. The maximum atomic E-state index is 13.6. The van der Waals surface area contributed by atoms with Crippen LogP contribution in [-0.4, -0.2) is 31.7 Å². The first-order valence-corrected chi connectivity index (χ1v) is 9.54. The number of hydrogen-bond donors (Lipinski definition) is 1. The quantitative estimate of drug-likeness (QED) is 0.821. The molecule has 1 saturated heterocycles. The molecule has 1 aliphatic heterocycles. The Morgan fingerprint density at radius 1 is 1.04 bits per heavy atom. The van der Waals surface area contributed by atoms with Crippen LogP contribution in [0.3, 0.4) is 0 Å². The SMILES string of the molecule is CC1(C)OB(c2ccc(S(=O)(=O)c3cnc(N)c(F)c3)cc2)OC1(C)C. The Bertz CT molecular complexity index is 930. The van der Waals surface area contributed by atoms with Crippen molar-refractivity contribution in [3.05, 3.63) is 42.3 Å². The summed E-state index contributed by atoms with van der Waals surface area (Å²) in [6.07, 6.45) is 1.04. The summed E-state index contributed by atoms with van der Waals surface area (Å²) in [6.45, 7) is 7.76. The van der Waals surface area contributed by atoms with Gasteiger partial charge >= 0.3 is 7.12 Å². The predicted octanol–water partition coefficient (Wildman–Crippen LogP) is 1.93. The third-order valence-corrected chi connectivity index (χ3v) is 6.61. The number of aromatic nitrogens is 1. The van der Waals surface area contributed by atoms with Crippen LogP contribution < -0.4 is 11.2 Å². The Morgan fingerprint density at radius 2 is 1.58 bits per heavy atom. The van der Waals surface area contributed by atoms with E-state index in [4.69, 9.17) is 15.0 Å². The smallest absolute Gasteiger partial charge is 0.399 e. The van der Waals surface area contributed by atoms with Crippen molar-refractivity contribution in [1.82, 2.24) is 4.98 Å². The second-order valence-electron chi connectivity index (χ2n) is 7.20. The first-order chi connectivity index (χ1) is 11.9. The van der Waals surface area contributed by atoms with Crippen LogP contribution in [-0.2, 0) is 19.1 Å². The molecule has 26 heavy (non-hydrogen) atoms. The fourth-order valence-corrected chi connectivity index (χ4v) is 3.71. The highest BCUT2D eigenvalue weighted by molar-refractivity contribution is 7.91. The van der Waals surface area contributed by atoms with Gasteiger partial charge < -0.3 is 15.0 Å². The molecule has 9 heteroatoms. The molecule has 0 saturated carbocycles. The standard InChI is InChI=1S/C17H20BFN2O4S/c1-16(2)17(3,4)25-18(24-16)11-5-7-12(8-6-11)26(22,23)13-9-14(19)15(20)21-10-13/h5-10H,1-4H3,(H2,20,21). The fraction of sp³-hybridized carbons (Fsp3) is 0.353. The second kappa shape index (κ2) is 6.04. The molecule has 0 bridgehead atoms. The van der Waals surface area contributed by atoms with Crippen LogP contribution >= 0.6 is 0 Å². The molecule has 0 spiro atoms. The number of anilines is 1. The van der Waals surface area contributed by atoms with Crippen molar-refractivity contribution in [2.45, 2.75) is 48.7 Å². The minimum Gasteiger partial charge on any atom is -0.399 e. The van der Waals surface area contributed by atoms with Gasteiger partial charge in [-0.2, -0.15) is 0 Å². The molecule has 0 amide bonds. The van der Waals surface area contributed by atoms with Gasteiger partial charge in [0, 0.05) is 6.20 Å². The zero-order valence-corrected chi connectivity index (χ0v) is 15.8. The highest BCUT2D eigenvalue weighted by Gasteiger charge is 2.51. The van der Waals surface area contributed by atoms with Crippen molar-refractivity contribution in [3.8, 4) is 0 Å². The van der Waals surface area contributed by atoms with Crippen molar-refractivity contribution in [1.29, 1.82) is 0 Å². The zero-order valence-electron chi connectivity index (χ0n) is 15.0. The number of halogens is 1. The molecular weight excluding hydrogens is 358 g/mol. The topological polar surface area (TPSA) is 91.5 Å². The molecule has 138 valence electrons. The summed E-state index contributed by atoms with van der Waals surface area (Å²) in [5.41, 5.74) is 5.01. The number of benzene rings is 1. The van der Waals surface area contributed by atoms with E-state index in [9.17, 15) is 12.8 Å². The van der Waals surface area contributed by atoms with Crippen molar-refractivity contribution >= 4 is 28.2 Å². The molecule has 6 nitrogen and oxygen atoms in total. The summed E-state index contributed by atoms with van der Waals surface area (Å²) in [5.74, 6) is -1.22. The number of nitrogens with zero attached hydrogens (tertiary/aromatic N) is 1. The van der Waals surface area contributed by atoms with E-state index in [2.05, 4.69) is 4.98 Å². The molecular formula is C17H20BFN2O4S. The van der Waals surface area contributed by atoms with Crippen LogP contribution in [0.25, 0.3) is 0 Å². The van der Waals surface area contributed by atoms with Gasteiger partial charge in [-0.05, 0) is 51.4 Å². The van der Waals surface area contributed by atoms with Crippen molar-refractivity contribution in [3.63, 3.8) is 0 Å². The third-order valence-electron chi connectivity index (χ3n) is 4.87. The average Bonchev–Trinajstić information content (AvgIpc) is 2.78. The molecule has 1 fully saturated rings. The maximum absolute atomic E-state index is 13.6. The van der Waals surface area contributed by atoms with Crippen LogP contribution in [0, 0.1) is 5.82 Å². The minimum atomic E-state index is -3.90. The van der Waals surface area contributed by atoms with E-state index < -0.39 is 34.0 Å². The Morgan fingerprint density at radius 3 is 2.08 bits per heavy atom. The molecule has 0 unspecified atom stereocenters. The van der Waals surface area contributed by atoms with Gasteiger partial charge in [-0.1, -0.05) is 12.1 Å². The highest BCUT2D eigenvalue weighted by atomic mass is 32.2. The Hall–Kier alpha value is -1.97. The summed E-state index contributed by atoms with van der Waals surface area (Å²) in [6, 6.07) is 6.97. The van der Waals surface area contributed by atoms with Gasteiger partial charge in [0.25, 0.3) is 0 Å². The Kier molecular flexibility index (Phi) is 4.37. The molecule has 0 atom stereocenters. The maximum Gasteiger partial charge on any atom is 0.494 e. The summed E-state index contributed by atoms with van der Waals surface area (Å²) >= 11 is 0. The van der Waals surface area contributed by atoms with Crippen LogP contribution in [0.2, 0.25) is 0 Å². The van der Waals surface area contributed by atoms with Crippen LogP contribution in [0.15, 0.2) is 46.3 Å². The van der Waals surface area contributed by atoms with E-state index in [0.29, 0.717) is 5.46 Å². The molecule has 0 aliphatic carbocycles. The van der Waals surface area contributed by atoms with Gasteiger partial charge in [0.15, 0.2) is 11.6 Å². The van der Waals surface area contributed by atoms with Gasteiger partial charge in [-0.25, -0.2) is 17.8 Å². The third kappa shape index (κ3) is 3.11. The number of nitrogens with two attached hydrogens (primary N) is 1.